The van der Waals surface area contributed by atoms with Crippen molar-refractivity contribution in [1.82, 2.24) is 5.32 Å². The molecule has 0 saturated heterocycles. The Kier molecular flexibility index (Phi) is 3.50. The first-order chi connectivity index (χ1) is 5.77. The van der Waals surface area contributed by atoms with E-state index in [1.165, 1.54) is 12.1 Å². The summed E-state index contributed by atoms with van der Waals surface area (Å²) in [6.45, 7) is 0. The predicted octanol–water partition coefficient (Wildman–Crippen LogP) is 2.33. The van der Waals surface area contributed by atoms with Gasteiger partial charge in [-0.25, -0.2) is 4.39 Å². The van der Waals surface area contributed by atoms with Gasteiger partial charge < -0.3 is 5.32 Å². The number of hydrogen-bond donors (Lipinski definition) is 1. The van der Waals surface area contributed by atoms with Gasteiger partial charge in [-0.1, -0.05) is 12.1 Å². The SMILES string of the molecule is CNC(CCl)c1cccc(F)c1. The molecule has 0 aliphatic carbocycles. The Morgan fingerprint density at radius 1 is 1.58 bits per heavy atom. The molecular weight excluding hydrogens is 177 g/mol. The van der Waals surface area contributed by atoms with Crippen LogP contribution in [-0.4, -0.2) is 12.9 Å². The summed E-state index contributed by atoms with van der Waals surface area (Å²) in [4.78, 5) is 0. The fourth-order valence-corrected chi connectivity index (χ4v) is 1.39. The van der Waals surface area contributed by atoms with E-state index < -0.39 is 0 Å². The van der Waals surface area contributed by atoms with Gasteiger partial charge in [-0.3, -0.25) is 0 Å². The minimum atomic E-state index is -0.224. The number of alkyl halides is 1. The fourth-order valence-electron chi connectivity index (χ4n) is 1.06. The standard InChI is InChI=1S/C9H11ClFN/c1-12-9(6-10)7-3-2-4-8(11)5-7/h2-5,9,12H,6H2,1H3. The fraction of sp³-hybridized carbons (Fsp3) is 0.333. The van der Waals surface area contributed by atoms with Crippen LogP contribution in [0.4, 0.5) is 4.39 Å². The van der Waals surface area contributed by atoms with Crippen LogP contribution >= 0.6 is 11.6 Å². The number of halogens is 2. The molecule has 1 aromatic carbocycles. The predicted molar refractivity (Wildman–Crippen MR) is 48.9 cm³/mol. The van der Waals surface area contributed by atoms with Gasteiger partial charge in [0.2, 0.25) is 0 Å². The summed E-state index contributed by atoms with van der Waals surface area (Å²) in [5.41, 5.74) is 0.882. The summed E-state index contributed by atoms with van der Waals surface area (Å²) in [7, 11) is 1.80. The molecule has 12 heavy (non-hydrogen) atoms. The van der Waals surface area contributed by atoms with Gasteiger partial charge in [0.25, 0.3) is 0 Å². The van der Waals surface area contributed by atoms with Crippen molar-refractivity contribution in [2.75, 3.05) is 12.9 Å². The van der Waals surface area contributed by atoms with Crippen molar-refractivity contribution in [2.24, 2.45) is 0 Å². The minimum absolute atomic E-state index is 0.0300. The van der Waals surface area contributed by atoms with Crippen molar-refractivity contribution >= 4 is 11.6 Å². The first kappa shape index (κ1) is 9.49. The second kappa shape index (κ2) is 4.43. The highest BCUT2D eigenvalue weighted by Crippen LogP contribution is 2.14. The van der Waals surface area contributed by atoms with Crippen molar-refractivity contribution in [2.45, 2.75) is 6.04 Å². The molecule has 1 N–H and O–H groups in total. The zero-order valence-corrected chi connectivity index (χ0v) is 7.61. The lowest BCUT2D eigenvalue weighted by atomic mass is 10.1. The minimum Gasteiger partial charge on any atom is -0.312 e. The Balaban J connectivity index is 2.85. The molecule has 0 aromatic heterocycles. The van der Waals surface area contributed by atoms with Crippen LogP contribution in [0, 0.1) is 5.82 Å². The Morgan fingerprint density at radius 3 is 2.83 bits per heavy atom. The molecule has 1 aromatic rings. The molecule has 0 amide bonds. The van der Waals surface area contributed by atoms with Crippen molar-refractivity contribution in [3.63, 3.8) is 0 Å². The topological polar surface area (TPSA) is 12.0 Å². The zero-order valence-electron chi connectivity index (χ0n) is 6.85. The van der Waals surface area contributed by atoms with Gasteiger partial charge in [0.1, 0.15) is 5.82 Å². The maximum atomic E-state index is 12.7. The van der Waals surface area contributed by atoms with Gasteiger partial charge in [-0.15, -0.1) is 11.6 Å². The quantitative estimate of drug-likeness (QED) is 0.717. The lowest BCUT2D eigenvalue weighted by molar-refractivity contribution is 0.610. The van der Waals surface area contributed by atoms with Crippen molar-refractivity contribution in [3.05, 3.63) is 35.6 Å². The molecule has 1 rings (SSSR count). The van der Waals surface area contributed by atoms with E-state index in [0.29, 0.717) is 5.88 Å². The van der Waals surface area contributed by atoms with Crippen molar-refractivity contribution in [1.29, 1.82) is 0 Å². The van der Waals surface area contributed by atoms with Crippen molar-refractivity contribution < 1.29 is 4.39 Å². The maximum absolute atomic E-state index is 12.7. The Hall–Kier alpha value is -0.600. The second-order valence-electron chi connectivity index (χ2n) is 2.55. The Bertz CT molecular complexity index is 248. The van der Waals surface area contributed by atoms with Crippen LogP contribution in [-0.2, 0) is 0 Å². The largest absolute Gasteiger partial charge is 0.312 e. The van der Waals surface area contributed by atoms with E-state index in [-0.39, 0.29) is 11.9 Å². The molecule has 0 spiro atoms. The van der Waals surface area contributed by atoms with E-state index in [2.05, 4.69) is 5.32 Å². The number of nitrogens with one attached hydrogen (secondary N) is 1. The lowest BCUT2D eigenvalue weighted by Crippen LogP contribution is -2.17. The molecule has 0 heterocycles. The smallest absolute Gasteiger partial charge is 0.123 e. The average molecular weight is 188 g/mol. The summed E-state index contributed by atoms with van der Waals surface area (Å²) in [6, 6.07) is 6.48. The monoisotopic (exact) mass is 187 g/mol. The molecule has 3 heteroatoms. The van der Waals surface area contributed by atoms with Crippen LogP contribution in [0.3, 0.4) is 0 Å². The maximum Gasteiger partial charge on any atom is 0.123 e. The number of rotatable bonds is 3. The van der Waals surface area contributed by atoms with Crippen LogP contribution in [0.25, 0.3) is 0 Å². The average Bonchev–Trinajstić information content (AvgIpc) is 2.07. The number of hydrogen-bond acceptors (Lipinski definition) is 1. The van der Waals surface area contributed by atoms with Gasteiger partial charge >= 0.3 is 0 Å². The summed E-state index contributed by atoms with van der Waals surface area (Å²) in [5, 5.41) is 3.00. The van der Waals surface area contributed by atoms with Crippen LogP contribution in [0.2, 0.25) is 0 Å². The molecule has 0 aliphatic rings. The third-order valence-electron chi connectivity index (χ3n) is 1.75. The first-order valence-corrected chi connectivity index (χ1v) is 4.30. The highest BCUT2D eigenvalue weighted by Gasteiger charge is 2.06. The van der Waals surface area contributed by atoms with Crippen LogP contribution < -0.4 is 5.32 Å². The van der Waals surface area contributed by atoms with Crippen LogP contribution in [0.1, 0.15) is 11.6 Å². The van der Waals surface area contributed by atoms with E-state index in [1.54, 1.807) is 13.1 Å². The summed E-state index contributed by atoms with van der Waals surface area (Å²) < 4.78 is 12.7. The highest BCUT2D eigenvalue weighted by atomic mass is 35.5. The summed E-state index contributed by atoms with van der Waals surface area (Å²) in [5.74, 6) is 0.220. The van der Waals surface area contributed by atoms with Crippen LogP contribution in [0.15, 0.2) is 24.3 Å². The molecule has 0 saturated carbocycles. The summed E-state index contributed by atoms with van der Waals surface area (Å²) in [6.07, 6.45) is 0. The molecule has 0 aliphatic heterocycles. The lowest BCUT2D eigenvalue weighted by Gasteiger charge is -2.12. The number of benzene rings is 1. The highest BCUT2D eigenvalue weighted by molar-refractivity contribution is 6.18. The van der Waals surface area contributed by atoms with Gasteiger partial charge in [0, 0.05) is 11.9 Å². The third-order valence-corrected chi connectivity index (χ3v) is 2.06. The molecule has 66 valence electrons. The van der Waals surface area contributed by atoms with Gasteiger partial charge in [0.05, 0.1) is 0 Å². The molecule has 0 radical (unpaired) electrons. The molecule has 0 bridgehead atoms. The molecule has 1 nitrogen and oxygen atoms in total. The van der Waals surface area contributed by atoms with Crippen LogP contribution in [0.5, 0.6) is 0 Å². The van der Waals surface area contributed by atoms with Crippen molar-refractivity contribution in [3.8, 4) is 0 Å². The third kappa shape index (κ3) is 2.19. The van der Waals surface area contributed by atoms with E-state index in [4.69, 9.17) is 11.6 Å². The Morgan fingerprint density at radius 2 is 2.33 bits per heavy atom. The van der Waals surface area contributed by atoms with Gasteiger partial charge in [-0.05, 0) is 24.7 Å². The first-order valence-electron chi connectivity index (χ1n) is 3.76. The van der Waals surface area contributed by atoms with Gasteiger partial charge in [-0.2, -0.15) is 0 Å². The second-order valence-corrected chi connectivity index (χ2v) is 2.86. The molecule has 0 fully saturated rings. The summed E-state index contributed by atoms with van der Waals surface area (Å²) >= 11 is 5.67. The van der Waals surface area contributed by atoms with Gasteiger partial charge in [0.15, 0.2) is 0 Å². The molecule has 1 atom stereocenters. The van der Waals surface area contributed by atoms with E-state index in [0.717, 1.165) is 5.56 Å². The normalized spacial score (nSPS) is 12.9. The van der Waals surface area contributed by atoms with E-state index in [9.17, 15) is 4.39 Å². The Labute approximate surface area is 76.5 Å². The zero-order chi connectivity index (χ0) is 8.97. The van der Waals surface area contributed by atoms with E-state index in [1.807, 2.05) is 6.07 Å². The molecule has 1 unspecified atom stereocenters. The molecular formula is C9H11ClFN. The van der Waals surface area contributed by atoms with E-state index >= 15 is 0 Å².